The summed E-state index contributed by atoms with van der Waals surface area (Å²) in [5, 5.41) is 11.1. The van der Waals surface area contributed by atoms with Crippen LogP contribution in [0.1, 0.15) is 38.1 Å². The zero-order chi connectivity index (χ0) is 18.7. The molecular weight excluding hydrogens is 357 g/mol. The molecule has 1 heterocycles. The molecule has 3 rings (SSSR count). The standard InChI is InChI=1S/C17H20FN5O2S/c1-10(16(25)20-13-5-3-2-4-12(13)18)26-17-22-21-15(9-8-14(19)24)23(17)11-6-7-11/h2-5,10-11H,6-9H2,1H3,(H2,19,24)(H,20,25). The number of benzene rings is 1. The third kappa shape index (κ3) is 4.40. The molecule has 0 aliphatic heterocycles. The average Bonchev–Trinajstić information content (AvgIpc) is 3.36. The van der Waals surface area contributed by atoms with Crippen molar-refractivity contribution in [2.45, 2.75) is 49.1 Å². The number of para-hydroxylation sites is 1. The monoisotopic (exact) mass is 377 g/mol. The molecule has 2 amide bonds. The molecular formula is C17H20FN5O2S. The number of primary amides is 1. The van der Waals surface area contributed by atoms with Gasteiger partial charge in [0, 0.05) is 18.9 Å². The minimum absolute atomic E-state index is 0.149. The number of rotatable bonds is 8. The average molecular weight is 377 g/mol. The van der Waals surface area contributed by atoms with Crippen molar-refractivity contribution in [1.29, 1.82) is 0 Å². The first-order valence-corrected chi connectivity index (χ1v) is 9.27. The number of nitrogens with two attached hydrogens (primary N) is 1. The second kappa shape index (κ2) is 7.86. The van der Waals surface area contributed by atoms with Crippen LogP contribution in [0.5, 0.6) is 0 Å². The molecule has 0 bridgehead atoms. The molecule has 1 aromatic heterocycles. The lowest BCUT2D eigenvalue weighted by molar-refractivity contribution is -0.118. The number of nitrogens with one attached hydrogen (secondary N) is 1. The van der Waals surface area contributed by atoms with Gasteiger partial charge in [-0.25, -0.2) is 4.39 Å². The van der Waals surface area contributed by atoms with E-state index in [0.717, 1.165) is 12.8 Å². The quantitative estimate of drug-likeness (QED) is 0.687. The van der Waals surface area contributed by atoms with Crippen molar-refractivity contribution >= 4 is 29.3 Å². The van der Waals surface area contributed by atoms with Crippen molar-refractivity contribution < 1.29 is 14.0 Å². The fraction of sp³-hybridized carbons (Fsp3) is 0.412. The number of amides is 2. The molecule has 3 N–H and O–H groups in total. The summed E-state index contributed by atoms with van der Waals surface area (Å²) in [6, 6.07) is 6.33. The molecule has 0 radical (unpaired) electrons. The largest absolute Gasteiger partial charge is 0.370 e. The molecule has 9 heteroatoms. The van der Waals surface area contributed by atoms with Gasteiger partial charge in [0.05, 0.1) is 10.9 Å². The summed E-state index contributed by atoms with van der Waals surface area (Å²) in [5.41, 5.74) is 5.36. The van der Waals surface area contributed by atoms with E-state index in [1.54, 1.807) is 19.1 Å². The Labute approximate surface area is 154 Å². The second-order valence-corrected chi connectivity index (χ2v) is 7.50. The number of thioether (sulfide) groups is 1. The smallest absolute Gasteiger partial charge is 0.237 e. The van der Waals surface area contributed by atoms with E-state index in [-0.39, 0.29) is 23.9 Å². The molecule has 138 valence electrons. The van der Waals surface area contributed by atoms with Gasteiger partial charge in [-0.1, -0.05) is 23.9 Å². The minimum Gasteiger partial charge on any atom is -0.370 e. The fourth-order valence-corrected chi connectivity index (χ4v) is 3.44. The van der Waals surface area contributed by atoms with Crippen LogP contribution < -0.4 is 11.1 Å². The van der Waals surface area contributed by atoms with E-state index >= 15 is 0 Å². The van der Waals surface area contributed by atoms with Gasteiger partial charge in [-0.05, 0) is 31.9 Å². The molecule has 1 aliphatic rings. The van der Waals surface area contributed by atoms with E-state index in [9.17, 15) is 14.0 Å². The highest BCUT2D eigenvalue weighted by molar-refractivity contribution is 8.00. The van der Waals surface area contributed by atoms with Crippen LogP contribution in [0.3, 0.4) is 0 Å². The maximum Gasteiger partial charge on any atom is 0.237 e. The van der Waals surface area contributed by atoms with E-state index in [2.05, 4.69) is 15.5 Å². The van der Waals surface area contributed by atoms with Gasteiger partial charge < -0.3 is 15.6 Å². The number of aromatic nitrogens is 3. The van der Waals surface area contributed by atoms with E-state index in [4.69, 9.17) is 5.73 Å². The van der Waals surface area contributed by atoms with E-state index in [0.29, 0.717) is 23.4 Å². The fourth-order valence-electron chi connectivity index (χ4n) is 2.50. The normalized spacial score (nSPS) is 14.8. The van der Waals surface area contributed by atoms with Gasteiger partial charge in [-0.3, -0.25) is 9.59 Å². The van der Waals surface area contributed by atoms with Crippen molar-refractivity contribution in [3.05, 3.63) is 35.9 Å². The van der Waals surface area contributed by atoms with Crippen LogP contribution in [0.25, 0.3) is 0 Å². The van der Waals surface area contributed by atoms with Gasteiger partial charge in [0.2, 0.25) is 11.8 Å². The van der Waals surface area contributed by atoms with Crippen LogP contribution in [0, 0.1) is 5.82 Å². The molecule has 7 nitrogen and oxygen atoms in total. The first-order valence-electron chi connectivity index (χ1n) is 8.40. The van der Waals surface area contributed by atoms with Gasteiger partial charge in [0.25, 0.3) is 0 Å². The van der Waals surface area contributed by atoms with Crippen molar-refractivity contribution in [3.8, 4) is 0 Å². The molecule has 26 heavy (non-hydrogen) atoms. The molecule has 0 spiro atoms. The van der Waals surface area contributed by atoms with Crippen LogP contribution >= 0.6 is 11.8 Å². The SMILES string of the molecule is CC(Sc1nnc(CCC(N)=O)n1C1CC1)C(=O)Nc1ccccc1F. The highest BCUT2D eigenvalue weighted by Crippen LogP contribution is 2.39. The van der Waals surface area contributed by atoms with Crippen molar-refractivity contribution in [2.24, 2.45) is 5.73 Å². The topological polar surface area (TPSA) is 103 Å². The molecule has 1 aliphatic carbocycles. The molecule has 2 aromatic rings. The number of nitrogens with zero attached hydrogens (tertiary/aromatic N) is 3. The van der Waals surface area contributed by atoms with Gasteiger partial charge >= 0.3 is 0 Å². The summed E-state index contributed by atoms with van der Waals surface area (Å²) in [4.78, 5) is 23.4. The lowest BCUT2D eigenvalue weighted by Gasteiger charge is -2.13. The van der Waals surface area contributed by atoms with E-state index < -0.39 is 11.1 Å². The Morgan fingerprint density at radius 2 is 2.12 bits per heavy atom. The maximum atomic E-state index is 13.7. The molecule has 1 aromatic carbocycles. The van der Waals surface area contributed by atoms with Crippen molar-refractivity contribution in [3.63, 3.8) is 0 Å². The number of carbonyl (C=O) groups excluding carboxylic acids is 2. The van der Waals surface area contributed by atoms with E-state index in [1.165, 1.54) is 23.9 Å². The highest BCUT2D eigenvalue weighted by Gasteiger charge is 2.31. The molecule has 1 fully saturated rings. The zero-order valence-electron chi connectivity index (χ0n) is 14.3. The summed E-state index contributed by atoms with van der Waals surface area (Å²) in [6.07, 6.45) is 2.67. The Morgan fingerprint density at radius 3 is 2.77 bits per heavy atom. The lowest BCUT2D eigenvalue weighted by atomic mass is 10.3. The van der Waals surface area contributed by atoms with Crippen LogP contribution in [0.15, 0.2) is 29.4 Å². The Morgan fingerprint density at radius 1 is 1.38 bits per heavy atom. The third-order valence-corrected chi connectivity index (χ3v) is 5.08. The van der Waals surface area contributed by atoms with Crippen LogP contribution in [-0.4, -0.2) is 31.8 Å². The first kappa shape index (κ1) is 18.4. The third-order valence-electron chi connectivity index (χ3n) is 4.03. The molecule has 0 saturated heterocycles. The minimum atomic E-state index is -0.486. The van der Waals surface area contributed by atoms with Crippen molar-refractivity contribution in [2.75, 3.05) is 5.32 Å². The summed E-state index contributed by atoms with van der Waals surface area (Å²) in [7, 11) is 0. The number of carbonyl (C=O) groups is 2. The predicted octanol–water partition coefficient (Wildman–Crippen LogP) is 2.29. The summed E-state index contributed by atoms with van der Waals surface area (Å²) in [6.45, 7) is 1.73. The lowest BCUT2D eigenvalue weighted by Crippen LogP contribution is -2.23. The van der Waals surface area contributed by atoms with Crippen molar-refractivity contribution in [1.82, 2.24) is 14.8 Å². The van der Waals surface area contributed by atoms with Gasteiger partial charge in [-0.15, -0.1) is 10.2 Å². The zero-order valence-corrected chi connectivity index (χ0v) is 15.1. The van der Waals surface area contributed by atoms with Gasteiger partial charge in [-0.2, -0.15) is 0 Å². The highest BCUT2D eigenvalue weighted by atomic mass is 32.2. The second-order valence-electron chi connectivity index (χ2n) is 6.20. The van der Waals surface area contributed by atoms with Crippen LogP contribution in [0.2, 0.25) is 0 Å². The van der Waals surface area contributed by atoms with Crippen LogP contribution in [-0.2, 0) is 16.0 Å². The number of halogens is 1. The Hall–Kier alpha value is -2.42. The van der Waals surface area contributed by atoms with Gasteiger partial charge in [0.1, 0.15) is 11.6 Å². The number of hydrogen-bond acceptors (Lipinski definition) is 5. The number of hydrogen-bond donors (Lipinski definition) is 2. The van der Waals surface area contributed by atoms with E-state index in [1.807, 2.05) is 4.57 Å². The summed E-state index contributed by atoms with van der Waals surface area (Å²) >= 11 is 1.27. The summed E-state index contributed by atoms with van der Waals surface area (Å²) < 4.78 is 15.7. The molecule has 1 saturated carbocycles. The van der Waals surface area contributed by atoms with Gasteiger partial charge in [0.15, 0.2) is 5.16 Å². The first-order chi connectivity index (χ1) is 12.5. The predicted molar refractivity (Wildman–Crippen MR) is 96.2 cm³/mol. The molecule has 1 atom stereocenters. The van der Waals surface area contributed by atoms with Crippen LogP contribution in [0.4, 0.5) is 10.1 Å². The Kier molecular flexibility index (Phi) is 5.55. The summed E-state index contributed by atoms with van der Waals surface area (Å²) in [5.74, 6) is -0.477. The molecule has 1 unspecified atom stereocenters. The maximum absolute atomic E-state index is 13.7. The number of aryl methyl sites for hydroxylation is 1. The Balaban J connectivity index is 1.68. The Bertz CT molecular complexity index is 821. The number of anilines is 1.